The van der Waals surface area contributed by atoms with Gasteiger partial charge in [-0.25, -0.2) is 0 Å². The minimum atomic E-state index is 0. The lowest BCUT2D eigenvalue weighted by molar-refractivity contribution is -0.129. The van der Waals surface area contributed by atoms with Crippen LogP contribution in [-0.4, -0.2) is 47.9 Å². The van der Waals surface area contributed by atoms with Gasteiger partial charge in [0, 0.05) is 24.8 Å². The van der Waals surface area contributed by atoms with Crippen molar-refractivity contribution in [1.82, 2.24) is 9.80 Å². The van der Waals surface area contributed by atoms with Gasteiger partial charge >= 0.3 is 0 Å². The van der Waals surface area contributed by atoms with E-state index in [1.54, 1.807) is 0 Å². The first-order valence-corrected chi connectivity index (χ1v) is 7.50. The van der Waals surface area contributed by atoms with Crippen LogP contribution in [0.25, 0.3) is 0 Å². The summed E-state index contributed by atoms with van der Waals surface area (Å²) in [5.74, 6) is 0.226. The minimum Gasteiger partial charge on any atom is -0.399 e. The van der Waals surface area contributed by atoms with Gasteiger partial charge < -0.3 is 10.6 Å². The summed E-state index contributed by atoms with van der Waals surface area (Å²) in [5, 5.41) is 0. The zero-order valence-electron chi connectivity index (χ0n) is 13.3. The maximum atomic E-state index is 12.3. The van der Waals surface area contributed by atoms with E-state index >= 15 is 0 Å². The number of carbonyl (C=O) groups excluding carboxylic acids is 1. The Hall–Kier alpha value is -0.970. The van der Waals surface area contributed by atoms with Crippen molar-refractivity contribution in [3.63, 3.8) is 0 Å². The molecule has 1 fully saturated rings. The summed E-state index contributed by atoms with van der Waals surface area (Å²) in [6, 6.07) is 8.10. The topological polar surface area (TPSA) is 49.6 Å². The number of benzene rings is 1. The summed E-state index contributed by atoms with van der Waals surface area (Å²) in [5.41, 5.74) is 7.44. The molecule has 6 heteroatoms. The van der Waals surface area contributed by atoms with E-state index < -0.39 is 0 Å². The second-order valence-corrected chi connectivity index (χ2v) is 5.42. The predicted molar refractivity (Wildman–Crippen MR) is 97.0 cm³/mol. The van der Waals surface area contributed by atoms with Crippen LogP contribution in [0.2, 0.25) is 0 Å². The van der Waals surface area contributed by atoms with E-state index in [4.69, 9.17) is 5.73 Å². The predicted octanol–water partition coefficient (Wildman–Crippen LogP) is 2.60. The fraction of sp³-hybridized carbons (Fsp3) is 0.562. The first kappa shape index (κ1) is 21.0. The van der Waals surface area contributed by atoms with Crippen LogP contribution in [0.15, 0.2) is 24.3 Å². The van der Waals surface area contributed by atoms with Crippen molar-refractivity contribution < 1.29 is 4.79 Å². The largest absolute Gasteiger partial charge is 0.399 e. The van der Waals surface area contributed by atoms with Crippen LogP contribution in [0, 0.1) is 0 Å². The summed E-state index contributed by atoms with van der Waals surface area (Å²) >= 11 is 0. The van der Waals surface area contributed by atoms with Crippen molar-refractivity contribution in [3.05, 3.63) is 29.8 Å². The van der Waals surface area contributed by atoms with Crippen LogP contribution < -0.4 is 5.73 Å². The third-order valence-corrected chi connectivity index (χ3v) is 4.18. The zero-order chi connectivity index (χ0) is 14.5. The quantitative estimate of drug-likeness (QED) is 0.832. The van der Waals surface area contributed by atoms with Gasteiger partial charge in [0.1, 0.15) is 0 Å². The number of anilines is 1. The van der Waals surface area contributed by atoms with E-state index in [0.29, 0.717) is 12.5 Å². The van der Waals surface area contributed by atoms with Crippen molar-refractivity contribution in [3.8, 4) is 0 Å². The first-order chi connectivity index (χ1) is 9.63. The number of nitrogens with zero attached hydrogens (tertiary/aromatic N) is 2. The number of amides is 1. The molecule has 1 atom stereocenters. The van der Waals surface area contributed by atoms with Gasteiger partial charge in [0.2, 0.25) is 5.91 Å². The molecule has 1 aromatic rings. The van der Waals surface area contributed by atoms with E-state index in [1.807, 2.05) is 29.2 Å². The molecule has 0 saturated carbocycles. The summed E-state index contributed by atoms with van der Waals surface area (Å²) in [4.78, 5) is 16.8. The molecular weight excluding hydrogens is 321 g/mol. The highest BCUT2D eigenvalue weighted by Crippen LogP contribution is 2.17. The molecule has 0 aliphatic carbocycles. The maximum Gasteiger partial charge on any atom is 0.227 e. The molecule has 2 rings (SSSR count). The average Bonchev–Trinajstić information content (AvgIpc) is 2.92. The van der Waals surface area contributed by atoms with Gasteiger partial charge in [-0.3, -0.25) is 9.69 Å². The molecule has 1 aliphatic rings. The summed E-state index contributed by atoms with van der Waals surface area (Å²) < 4.78 is 0. The Labute approximate surface area is 145 Å². The number of halogens is 2. The van der Waals surface area contributed by atoms with Gasteiger partial charge in [0.15, 0.2) is 0 Å². The van der Waals surface area contributed by atoms with Crippen LogP contribution in [-0.2, 0) is 11.2 Å². The van der Waals surface area contributed by atoms with E-state index in [9.17, 15) is 4.79 Å². The van der Waals surface area contributed by atoms with Crippen molar-refractivity contribution >= 4 is 36.4 Å². The van der Waals surface area contributed by atoms with Gasteiger partial charge in [0.25, 0.3) is 0 Å². The van der Waals surface area contributed by atoms with Gasteiger partial charge in [0.05, 0.1) is 6.42 Å². The molecule has 0 radical (unpaired) electrons. The maximum absolute atomic E-state index is 12.3. The second kappa shape index (κ2) is 9.93. The van der Waals surface area contributed by atoms with Crippen molar-refractivity contribution in [2.24, 2.45) is 0 Å². The molecule has 1 heterocycles. The number of likely N-dealkylation sites (N-methyl/N-ethyl adjacent to an activating group) is 1. The molecule has 1 amide bonds. The van der Waals surface area contributed by atoms with Crippen LogP contribution in [0.3, 0.4) is 0 Å². The lowest BCUT2D eigenvalue weighted by Gasteiger charge is -2.26. The standard InChI is InChI=1S/C16H25N3O.2ClH/c1-3-18(4-2)15-9-10-19(12-15)16(20)11-13-5-7-14(17)8-6-13;;/h5-8,15H,3-4,9-12,17H2,1-2H3;2*1H. The third kappa shape index (κ3) is 5.34. The fourth-order valence-electron chi connectivity index (χ4n) is 2.93. The van der Waals surface area contributed by atoms with Crippen LogP contribution in [0.4, 0.5) is 5.69 Å². The molecule has 1 unspecified atom stereocenters. The minimum absolute atomic E-state index is 0. The SMILES string of the molecule is CCN(CC)C1CCN(C(=O)Cc2ccc(N)cc2)C1.Cl.Cl. The molecule has 126 valence electrons. The number of hydrogen-bond donors (Lipinski definition) is 1. The van der Waals surface area contributed by atoms with Crippen molar-refractivity contribution in [2.75, 3.05) is 31.9 Å². The third-order valence-electron chi connectivity index (χ3n) is 4.18. The lowest BCUT2D eigenvalue weighted by atomic mass is 10.1. The highest BCUT2D eigenvalue weighted by atomic mass is 35.5. The molecular formula is C16H27Cl2N3O. The van der Waals surface area contributed by atoms with Crippen molar-refractivity contribution in [2.45, 2.75) is 32.7 Å². The number of nitrogen functional groups attached to an aromatic ring is 1. The molecule has 1 saturated heterocycles. The van der Waals surface area contributed by atoms with Gasteiger partial charge in [-0.05, 0) is 37.2 Å². The number of carbonyl (C=O) groups is 1. The van der Waals surface area contributed by atoms with Gasteiger partial charge in [-0.1, -0.05) is 26.0 Å². The summed E-state index contributed by atoms with van der Waals surface area (Å²) in [7, 11) is 0. The zero-order valence-corrected chi connectivity index (χ0v) is 15.0. The van der Waals surface area contributed by atoms with Gasteiger partial charge in [-0.2, -0.15) is 0 Å². The van der Waals surface area contributed by atoms with Crippen LogP contribution in [0.1, 0.15) is 25.8 Å². The van der Waals surface area contributed by atoms with E-state index in [2.05, 4.69) is 18.7 Å². The number of rotatable bonds is 5. The Bertz CT molecular complexity index is 449. The number of likely N-dealkylation sites (tertiary alicyclic amines) is 1. The molecule has 0 spiro atoms. The van der Waals surface area contributed by atoms with Crippen LogP contribution in [0.5, 0.6) is 0 Å². The number of nitrogens with two attached hydrogens (primary N) is 1. The molecule has 2 N–H and O–H groups in total. The molecule has 0 aromatic heterocycles. The highest BCUT2D eigenvalue weighted by molar-refractivity contribution is 5.85. The van der Waals surface area contributed by atoms with Crippen molar-refractivity contribution in [1.29, 1.82) is 0 Å². The highest BCUT2D eigenvalue weighted by Gasteiger charge is 2.28. The van der Waals surface area contributed by atoms with E-state index in [0.717, 1.165) is 43.9 Å². The molecule has 0 bridgehead atoms. The smallest absolute Gasteiger partial charge is 0.227 e. The Morgan fingerprint density at radius 3 is 2.36 bits per heavy atom. The molecule has 1 aromatic carbocycles. The fourth-order valence-corrected chi connectivity index (χ4v) is 2.93. The monoisotopic (exact) mass is 347 g/mol. The normalized spacial score (nSPS) is 17.0. The Kier molecular flexibility index (Phi) is 9.49. The Balaban J connectivity index is 0.00000220. The summed E-state index contributed by atoms with van der Waals surface area (Å²) in [6.45, 7) is 8.23. The summed E-state index contributed by atoms with van der Waals surface area (Å²) in [6.07, 6.45) is 1.57. The second-order valence-electron chi connectivity index (χ2n) is 5.42. The van der Waals surface area contributed by atoms with Gasteiger partial charge in [-0.15, -0.1) is 24.8 Å². The van der Waals surface area contributed by atoms with Crippen LogP contribution >= 0.6 is 24.8 Å². The Morgan fingerprint density at radius 1 is 1.23 bits per heavy atom. The average molecular weight is 348 g/mol. The van der Waals surface area contributed by atoms with E-state index in [1.165, 1.54) is 0 Å². The molecule has 1 aliphatic heterocycles. The molecule has 22 heavy (non-hydrogen) atoms. The number of hydrogen-bond acceptors (Lipinski definition) is 3. The Morgan fingerprint density at radius 2 is 1.82 bits per heavy atom. The van der Waals surface area contributed by atoms with E-state index in [-0.39, 0.29) is 30.7 Å². The molecule has 4 nitrogen and oxygen atoms in total. The lowest BCUT2D eigenvalue weighted by Crippen LogP contribution is -2.39. The first-order valence-electron chi connectivity index (χ1n) is 7.50.